The van der Waals surface area contributed by atoms with Gasteiger partial charge >= 0.3 is 6.03 Å². The van der Waals surface area contributed by atoms with E-state index in [4.69, 9.17) is 11.6 Å². The molecule has 0 aliphatic carbocycles. The Balaban J connectivity index is 1.80. The van der Waals surface area contributed by atoms with Gasteiger partial charge in [-0.1, -0.05) is 23.7 Å². The molecule has 0 fully saturated rings. The number of carbonyl (C=O) groups is 1. The van der Waals surface area contributed by atoms with Crippen LogP contribution in [0.25, 0.3) is 0 Å². The van der Waals surface area contributed by atoms with Crippen molar-refractivity contribution < 1.29 is 4.79 Å². The lowest BCUT2D eigenvalue weighted by molar-refractivity contribution is 0.250. The molecule has 2 aromatic heterocycles. The molecule has 0 aliphatic rings. The van der Waals surface area contributed by atoms with Crippen molar-refractivity contribution in [3.63, 3.8) is 0 Å². The highest BCUT2D eigenvalue weighted by Crippen LogP contribution is 2.25. The maximum atomic E-state index is 12.2. The fraction of sp³-hybridized carbons (Fsp3) is 0.0667. The number of benzene rings is 1. The van der Waals surface area contributed by atoms with E-state index in [-0.39, 0.29) is 12.1 Å². The highest BCUT2D eigenvalue weighted by Gasteiger charge is 2.17. The Morgan fingerprint density at radius 3 is 2.59 bits per heavy atom. The Kier molecular flexibility index (Phi) is 4.72. The number of anilines is 1. The van der Waals surface area contributed by atoms with E-state index in [1.54, 1.807) is 17.5 Å². The second kappa shape index (κ2) is 6.91. The molecule has 0 bridgehead atoms. The summed E-state index contributed by atoms with van der Waals surface area (Å²) in [6.07, 6.45) is 1.65. The van der Waals surface area contributed by atoms with Gasteiger partial charge in [0, 0.05) is 16.6 Å². The molecule has 1 atom stereocenters. The van der Waals surface area contributed by atoms with Crippen LogP contribution in [-0.2, 0) is 0 Å². The Morgan fingerprint density at radius 2 is 1.95 bits per heavy atom. The van der Waals surface area contributed by atoms with Crippen molar-refractivity contribution in [1.29, 1.82) is 0 Å². The van der Waals surface area contributed by atoms with E-state index < -0.39 is 0 Å². The number of amides is 2. The number of carbonyl (C=O) groups excluding carboxylic acids is 1. The highest BCUT2D eigenvalue weighted by atomic mass is 35.5. The molecule has 0 radical (unpaired) electrons. The van der Waals surface area contributed by atoms with Crippen molar-refractivity contribution in [3.05, 3.63) is 68.8 Å². The van der Waals surface area contributed by atoms with Gasteiger partial charge in [-0.3, -0.25) is 5.32 Å². The van der Waals surface area contributed by atoms with Crippen LogP contribution in [-0.4, -0.2) is 11.0 Å². The average Bonchev–Trinajstić information content (AvgIpc) is 3.19. The van der Waals surface area contributed by atoms with E-state index in [2.05, 4.69) is 15.6 Å². The van der Waals surface area contributed by atoms with Gasteiger partial charge in [0.15, 0.2) is 5.13 Å². The summed E-state index contributed by atoms with van der Waals surface area (Å²) in [6, 6.07) is 8.92. The summed E-state index contributed by atoms with van der Waals surface area (Å²) < 4.78 is 0. The van der Waals surface area contributed by atoms with Crippen LogP contribution in [0.1, 0.15) is 17.2 Å². The van der Waals surface area contributed by atoms with E-state index in [9.17, 15) is 4.79 Å². The predicted octanol–water partition coefficient (Wildman–Crippen LogP) is 4.77. The molecule has 22 heavy (non-hydrogen) atoms. The molecular weight excluding hydrogens is 338 g/mol. The van der Waals surface area contributed by atoms with E-state index >= 15 is 0 Å². The third-order valence-corrected chi connectivity index (χ3v) is 4.65. The van der Waals surface area contributed by atoms with Crippen LogP contribution >= 0.6 is 34.3 Å². The number of hydrogen-bond donors (Lipinski definition) is 2. The minimum absolute atomic E-state index is 0.233. The summed E-state index contributed by atoms with van der Waals surface area (Å²) in [5.74, 6) is 0. The Labute approximate surface area is 140 Å². The van der Waals surface area contributed by atoms with E-state index in [0.29, 0.717) is 10.2 Å². The quantitative estimate of drug-likeness (QED) is 0.712. The lowest BCUT2D eigenvalue weighted by atomic mass is 10.0. The number of nitrogens with one attached hydrogen (secondary N) is 2. The van der Waals surface area contributed by atoms with Crippen molar-refractivity contribution in [2.75, 3.05) is 5.32 Å². The number of thiazole rings is 1. The molecule has 2 N–H and O–H groups in total. The van der Waals surface area contributed by atoms with E-state index in [1.807, 2.05) is 46.5 Å². The third-order valence-electron chi connectivity index (χ3n) is 3.01. The first-order chi connectivity index (χ1) is 10.7. The SMILES string of the molecule is O=C(Nc1nccs1)N[C@@H](c1ccc(Cl)cc1)c1ccsc1. The molecule has 0 saturated heterocycles. The summed E-state index contributed by atoms with van der Waals surface area (Å²) >= 11 is 8.90. The lowest BCUT2D eigenvalue weighted by Gasteiger charge is -2.18. The first-order valence-corrected chi connectivity index (χ1v) is 8.67. The predicted molar refractivity (Wildman–Crippen MR) is 91.9 cm³/mol. The van der Waals surface area contributed by atoms with E-state index in [1.165, 1.54) is 11.3 Å². The Bertz CT molecular complexity index is 727. The first-order valence-electron chi connectivity index (χ1n) is 6.47. The minimum Gasteiger partial charge on any atom is -0.327 e. The zero-order valence-electron chi connectivity index (χ0n) is 11.3. The van der Waals surface area contributed by atoms with Crippen LogP contribution in [0.15, 0.2) is 52.7 Å². The summed E-state index contributed by atoms with van der Waals surface area (Å²) in [5.41, 5.74) is 2.00. The summed E-state index contributed by atoms with van der Waals surface area (Å²) in [6.45, 7) is 0. The molecular formula is C15H12ClN3OS2. The molecule has 3 aromatic rings. The number of thiophene rings is 1. The van der Waals surface area contributed by atoms with Gasteiger partial charge in [-0.25, -0.2) is 9.78 Å². The molecule has 0 unspecified atom stereocenters. The fourth-order valence-electron chi connectivity index (χ4n) is 2.00. The molecule has 2 amide bonds. The van der Waals surface area contributed by atoms with Gasteiger partial charge in [-0.2, -0.15) is 11.3 Å². The molecule has 0 spiro atoms. The normalized spacial score (nSPS) is 11.9. The minimum atomic E-state index is -0.291. The molecule has 0 saturated carbocycles. The van der Waals surface area contributed by atoms with Gasteiger partial charge < -0.3 is 5.32 Å². The highest BCUT2D eigenvalue weighted by molar-refractivity contribution is 7.13. The standard InChI is InChI=1S/C15H12ClN3OS2/c16-12-3-1-10(2-4-12)13(11-5-7-21-9-11)18-14(20)19-15-17-6-8-22-15/h1-9,13H,(H2,17,18,19,20)/t13-/m0/s1. The maximum absolute atomic E-state index is 12.2. The van der Waals surface area contributed by atoms with Gasteiger partial charge in [-0.05, 0) is 40.1 Å². The van der Waals surface area contributed by atoms with Crippen molar-refractivity contribution in [2.24, 2.45) is 0 Å². The third kappa shape index (κ3) is 3.65. The van der Waals surface area contributed by atoms with E-state index in [0.717, 1.165) is 11.1 Å². The molecule has 3 rings (SSSR count). The number of aromatic nitrogens is 1. The number of halogens is 1. The molecule has 0 aliphatic heterocycles. The van der Waals surface area contributed by atoms with Crippen LogP contribution in [0.5, 0.6) is 0 Å². The van der Waals surface area contributed by atoms with Crippen LogP contribution < -0.4 is 10.6 Å². The number of nitrogens with zero attached hydrogens (tertiary/aromatic N) is 1. The zero-order chi connectivity index (χ0) is 15.4. The first kappa shape index (κ1) is 15.0. The van der Waals surface area contributed by atoms with Gasteiger partial charge in [0.1, 0.15) is 0 Å². The smallest absolute Gasteiger partial charge is 0.321 e. The number of hydrogen-bond acceptors (Lipinski definition) is 4. The van der Waals surface area contributed by atoms with Crippen LogP contribution in [0.4, 0.5) is 9.93 Å². The summed E-state index contributed by atoms with van der Waals surface area (Å²) in [4.78, 5) is 16.2. The summed E-state index contributed by atoms with van der Waals surface area (Å²) in [7, 11) is 0. The second-order valence-corrected chi connectivity index (χ2v) is 6.59. The lowest BCUT2D eigenvalue weighted by Crippen LogP contribution is -2.33. The van der Waals surface area contributed by atoms with Gasteiger partial charge in [0.2, 0.25) is 0 Å². The van der Waals surface area contributed by atoms with Gasteiger partial charge in [0.25, 0.3) is 0 Å². The van der Waals surface area contributed by atoms with Crippen LogP contribution in [0, 0.1) is 0 Å². The molecule has 2 heterocycles. The maximum Gasteiger partial charge on any atom is 0.321 e. The zero-order valence-corrected chi connectivity index (χ0v) is 13.7. The van der Waals surface area contributed by atoms with Gasteiger partial charge in [-0.15, -0.1) is 11.3 Å². The Morgan fingerprint density at radius 1 is 1.14 bits per heavy atom. The molecule has 112 valence electrons. The summed E-state index contributed by atoms with van der Waals surface area (Å²) in [5, 5.41) is 12.8. The average molecular weight is 350 g/mol. The number of rotatable bonds is 4. The number of urea groups is 1. The topological polar surface area (TPSA) is 54.0 Å². The van der Waals surface area contributed by atoms with Gasteiger partial charge in [0.05, 0.1) is 6.04 Å². The molecule has 1 aromatic carbocycles. The van der Waals surface area contributed by atoms with Crippen LogP contribution in [0.3, 0.4) is 0 Å². The van der Waals surface area contributed by atoms with Crippen molar-refractivity contribution in [3.8, 4) is 0 Å². The van der Waals surface area contributed by atoms with Crippen LogP contribution in [0.2, 0.25) is 5.02 Å². The van der Waals surface area contributed by atoms with Crippen molar-refractivity contribution in [1.82, 2.24) is 10.3 Å². The second-order valence-electron chi connectivity index (χ2n) is 4.48. The largest absolute Gasteiger partial charge is 0.327 e. The monoisotopic (exact) mass is 349 g/mol. The van der Waals surface area contributed by atoms with Crippen molar-refractivity contribution >= 4 is 45.4 Å². The fourth-order valence-corrected chi connectivity index (χ4v) is 3.34. The molecule has 4 nitrogen and oxygen atoms in total. The molecule has 7 heteroatoms. The Hall–Kier alpha value is -1.89. The van der Waals surface area contributed by atoms with Crippen molar-refractivity contribution in [2.45, 2.75) is 6.04 Å².